The molecule has 1 aromatic heterocycles. The predicted molar refractivity (Wildman–Crippen MR) is 84.4 cm³/mol. The first-order chi connectivity index (χ1) is 10.2. The summed E-state index contributed by atoms with van der Waals surface area (Å²) in [6, 6.07) is 16.9. The van der Waals surface area contributed by atoms with Crippen LogP contribution in [0.15, 0.2) is 64.2 Å². The average Bonchev–Trinajstić information content (AvgIpc) is 2.90. The number of fused-ring (bicyclic) bond motifs is 1. The highest BCUT2D eigenvalue weighted by Gasteiger charge is 2.18. The summed E-state index contributed by atoms with van der Waals surface area (Å²) in [5.74, 6) is -0.0755. The summed E-state index contributed by atoms with van der Waals surface area (Å²) in [6.45, 7) is 1.83. The van der Waals surface area contributed by atoms with Gasteiger partial charge in [-0.05, 0) is 31.2 Å². The topological polar surface area (TPSA) is 55.1 Å². The SMILES string of the molecule is C[C@@H](Sc1nc2ccccc2o1)C(=O)Nc1ccccc1. The fourth-order valence-electron chi connectivity index (χ4n) is 1.87. The number of nitrogens with one attached hydrogen (secondary N) is 1. The van der Waals surface area contributed by atoms with Crippen molar-refractivity contribution >= 4 is 34.5 Å². The first-order valence-electron chi connectivity index (χ1n) is 6.60. The minimum Gasteiger partial charge on any atom is -0.431 e. The zero-order valence-electron chi connectivity index (χ0n) is 11.4. The molecular weight excluding hydrogens is 284 g/mol. The van der Waals surface area contributed by atoms with Crippen LogP contribution in [0.2, 0.25) is 0 Å². The molecule has 1 heterocycles. The fourth-order valence-corrected chi connectivity index (χ4v) is 2.63. The standard InChI is InChI=1S/C16H14N2O2S/c1-11(15(19)17-12-7-3-2-4-8-12)21-16-18-13-9-5-6-10-14(13)20-16/h2-11H,1H3,(H,17,19)/t11-/m1/s1. The lowest BCUT2D eigenvalue weighted by Crippen LogP contribution is -2.22. The Morgan fingerprint density at radius 3 is 2.62 bits per heavy atom. The van der Waals surface area contributed by atoms with Crippen molar-refractivity contribution in [1.29, 1.82) is 0 Å². The number of hydrogen-bond donors (Lipinski definition) is 1. The maximum Gasteiger partial charge on any atom is 0.257 e. The number of anilines is 1. The molecule has 0 saturated carbocycles. The summed E-state index contributed by atoms with van der Waals surface area (Å²) in [5, 5.41) is 3.08. The van der Waals surface area contributed by atoms with Gasteiger partial charge >= 0.3 is 0 Å². The second-order valence-corrected chi connectivity index (χ2v) is 5.85. The van der Waals surface area contributed by atoms with E-state index in [1.165, 1.54) is 11.8 Å². The lowest BCUT2D eigenvalue weighted by atomic mass is 10.3. The monoisotopic (exact) mass is 298 g/mol. The van der Waals surface area contributed by atoms with Gasteiger partial charge in [-0.3, -0.25) is 4.79 Å². The van der Waals surface area contributed by atoms with E-state index in [2.05, 4.69) is 10.3 Å². The van der Waals surface area contributed by atoms with Crippen LogP contribution >= 0.6 is 11.8 Å². The highest BCUT2D eigenvalue weighted by molar-refractivity contribution is 8.00. The van der Waals surface area contributed by atoms with Gasteiger partial charge in [0.2, 0.25) is 5.91 Å². The first-order valence-corrected chi connectivity index (χ1v) is 7.48. The predicted octanol–water partition coefficient (Wildman–Crippen LogP) is 3.95. The highest BCUT2D eigenvalue weighted by atomic mass is 32.2. The number of thioether (sulfide) groups is 1. The summed E-state index contributed by atoms with van der Waals surface area (Å²) in [7, 11) is 0. The van der Waals surface area contributed by atoms with E-state index in [0.29, 0.717) is 5.22 Å². The van der Waals surface area contributed by atoms with E-state index in [0.717, 1.165) is 16.8 Å². The Morgan fingerprint density at radius 1 is 1.14 bits per heavy atom. The molecule has 0 radical (unpaired) electrons. The van der Waals surface area contributed by atoms with Gasteiger partial charge in [0.1, 0.15) is 5.52 Å². The van der Waals surface area contributed by atoms with Crippen LogP contribution < -0.4 is 5.32 Å². The third kappa shape index (κ3) is 3.25. The maximum absolute atomic E-state index is 12.1. The van der Waals surface area contributed by atoms with Gasteiger partial charge in [-0.1, -0.05) is 42.1 Å². The van der Waals surface area contributed by atoms with Crippen molar-refractivity contribution in [2.24, 2.45) is 0 Å². The van der Waals surface area contributed by atoms with Crippen LogP contribution in [0.3, 0.4) is 0 Å². The number of rotatable bonds is 4. The van der Waals surface area contributed by atoms with Crippen LogP contribution in [0.5, 0.6) is 0 Å². The van der Waals surface area contributed by atoms with Crippen molar-refractivity contribution in [3.8, 4) is 0 Å². The summed E-state index contributed by atoms with van der Waals surface area (Å²) < 4.78 is 5.61. The number of aromatic nitrogens is 1. The number of para-hydroxylation sites is 3. The van der Waals surface area contributed by atoms with Gasteiger partial charge in [-0.15, -0.1) is 0 Å². The maximum atomic E-state index is 12.1. The molecule has 3 aromatic rings. The Balaban J connectivity index is 1.67. The highest BCUT2D eigenvalue weighted by Crippen LogP contribution is 2.27. The third-order valence-corrected chi connectivity index (χ3v) is 3.91. The Morgan fingerprint density at radius 2 is 1.86 bits per heavy atom. The van der Waals surface area contributed by atoms with E-state index in [-0.39, 0.29) is 11.2 Å². The van der Waals surface area contributed by atoms with Crippen LogP contribution in [0, 0.1) is 0 Å². The molecule has 3 rings (SSSR count). The summed E-state index contributed by atoms with van der Waals surface area (Å²) in [4.78, 5) is 16.5. The van der Waals surface area contributed by atoms with Crippen LogP contribution in [-0.2, 0) is 4.79 Å². The van der Waals surface area contributed by atoms with Crippen LogP contribution in [-0.4, -0.2) is 16.1 Å². The van der Waals surface area contributed by atoms with Gasteiger partial charge in [-0.2, -0.15) is 0 Å². The van der Waals surface area contributed by atoms with Crippen molar-refractivity contribution < 1.29 is 9.21 Å². The first kappa shape index (κ1) is 13.7. The van der Waals surface area contributed by atoms with E-state index >= 15 is 0 Å². The smallest absolute Gasteiger partial charge is 0.257 e. The molecule has 0 spiro atoms. The van der Waals surface area contributed by atoms with E-state index < -0.39 is 0 Å². The molecule has 5 heteroatoms. The Bertz CT molecular complexity index is 722. The van der Waals surface area contributed by atoms with Crippen LogP contribution in [0.4, 0.5) is 5.69 Å². The normalized spacial score (nSPS) is 12.2. The molecule has 106 valence electrons. The Kier molecular flexibility index (Phi) is 3.92. The van der Waals surface area contributed by atoms with E-state index in [1.807, 2.05) is 61.5 Å². The molecule has 0 aliphatic rings. The van der Waals surface area contributed by atoms with E-state index in [9.17, 15) is 4.79 Å². The minimum atomic E-state index is -0.293. The lowest BCUT2D eigenvalue weighted by Gasteiger charge is -2.09. The number of amides is 1. The van der Waals surface area contributed by atoms with Crippen molar-refractivity contribution in [3.05, 3.63) is 54.6 Å². The van der Waals surface area contributed by atoms with Crippen molar-refractivity contribution in [2.75, 3.05) is 5.32 Å². The number of carbonyl (C=O) groups is 1. The molecule has 1 amide bonds. The average molecular weight is 298 g/mol. The van der Waals surface area contributed by atoms with Crippen LogP contribution in [0.1, 0.15) is 6.92 Å². The number of benzene rings is 2. The molecule has 0 bridgehead atoms. The quantitative estimate of drug-likeness (QED) is 0.741. The van der Waals surface area contributed by atoms with Crippen molar-refractivity contribution in [3.63, 3.8) is 0 Å². The zero-order valence-corrected chi connectivity index (χ0v) is 12.3. The second-order valence-electron chi connectivity index (χ2n) is 4.56. The number of oxazole rings is 1. The number of nitrogens with zero attached hydrogens (tertiary/aromatic N) is 1. The molecule has 0 fully saturated rings. The summed E-state index contributed by atoms with van der Waals surface area (Å²) in [5.41, 5.74) is 2.32. The second kappa shape index (κ2) is 6.01. The third-order valence-electron chi connectivity index (χ3n) is 2.96. The molecule has 21 heavy (non-hydrogen) atoms. The minimum absolute atomic E-state index is 0.0755. The fraction of sp³-hybridized carbons (Fsp3) is 0.125. The number of hydrogen-bond acceptors (Lipinski definition) is 4. The largest absolute Gasteiger partial charge is 0.431 e. The van der Waals surface area contributed by atoms with Crippen molar-refractivity contribution in [2.45, 2.75) is 17.4 Å². The van der Waals surface area contributed by atoms with Gasteiger partial charge in [0, 0.05) is 5.69 Å². The van der Waals surface area contributed by atoms with Crippen molar-refractivity contribution in [1.82, 2.24) is 4.98 Å². The number of carbonyl (C=O) groups excluding carboxylic acids is 1. The molecule has 0 unspecified atom stereocenters. The van der Waals surface area contributed by atoms with E-state index in [1.54, 1.807) is 0 Å². The Labute approximate surface area is 126 Å². The lowest BCUT2D eigenvalue weighted by molar-refractivity contribution is -0.115. The molecule has 4 nitrogen and oxygen atoms in total. The zero-order chi connectivity index (χ0) is 14.7. The molecule has 2 aromatic carbocycles. The summed E-state index contributed by atoms with van der Waals surface area (Å²) >= 11 is 1.31. The van der Waals surface area contributed by atoms with Gasteiger partial charge in [0.25, 0.3) is 5.22 Å². The van der Waals surface area contributed by atoms with Gasteiger partial charge in [0.05, 0.1) is 5.25 Å². The molecule has 0 aliphatic carbocycles. The van der Waals surface area contributed by atoms with Gasteiger partial charge in [-0.25, -0.2) is 4.98 Å². The Hall–Kier alpha value is -2.27. The molecule has 1 atom stereocenters. The van der Waals surface area contributed by atoms with Crippen LogP contribution in [0.25, 0.3) is 11.1 Å². The molecular formula is C16H14N2O2S. The van der Waals surface area contributed by atoms with E-state index in [4.69, 9.17) is 4.42 Å². The molecule has 0 saturated heterocycles. The molecule has 0 aliphatic heterocycles. The van der Waals surface area contributed by atoms with Gasteiger partial charge in [0.15, 0.2) is 5.58 Å². The molecule has 1 N–H and O–H groups in total. The summed E-state index contributed by atoms with van der Waals surface area (Å²) in [6.07, 6.45) is 0. The van der Waals surface area contributed by atoms with Gasteiger partial charge < -0.3 is 9.73 Å².